The third kappa shape index (κ3) is 4.21. The Morgan fingerprint density at radius 3 is 2.81 bits per heavy atom. The predicted molar refractivity (Wildman–Crippen MR) is 99.1 cm³/mol. The number of nitrogens with two attached hydrogens (primary N) is 1. The number of para-hydroxylation sites is 1. The predicted octanol–water partition coefficient (Wildman–Crippen LogP) is 1.80. The molecule has 0 aromatic heterocycles. The van der Waals surface area contributed by atoms with Crippen molar-refractivity contribution in [1.82, 2.24) is 10.2 Å². The molecule has 1 fully saturated rings. The van der Waals surface area contributed by atoms with Crippen LogP contribution in [0.4, 0.5) is 0 Å². The Morgan fingerprint density at radius 1 is 1.23 bits per heavy atom. The number of benzene rings is 2. The summed E-state index contributed by atoms with van der Waals surface area (Å²) in [6, 6.07) is 14.5. The van der Waals surface area contributed by atoms with E-state index in [1.54, 1.807) is 24.3 Å². The van der Waals surface area contributed by atoms with Crippen LogP contribution >= 0.6 is 0 Å². The highest BCUT2D eigenvalue weighted by Crippen LogP contribution is 2.19. The van der Waals surface area contributed by atoms with Crippen molar-refractivity contribution < 1.29 is 14.3 Å². The first-order valence-corrected chi connectivity index (χ1v) is 8.68. The zero-order chi connectivity index (χ0) is 18.5. The van der Waals surface area contributed by atoms with Gasteiger partial charge in [-0.05, 0) is 36.8 Å². The van der Waals surface area contributed by atoms with Gasteiger partial charge in [0.1, 0.15) is 12.4 Å². The topological polar surface area (TPSA) is 84.7 Å². The van der Waals surface area contributed by atoms with Crippen molar-refractivity contribution in [2.45, 2.75) is 19.6 Å². The molecule has 6 nitrogen and oxygen atoms in total. The van der Waals surface area contributed by atoms with Crippen LogP contribution in [0, 0.1) is 0 Å². The molecule has 6 heteroatoms. The third-order valence-corrected chi connectivity index (χ3v) is 4.38. The number of nitrogens with one attached hydrogen (secondary N) is 1. The molecular formula is C20H23N3O3. The Kier molecular flexibility index (Phi) is 5.53. The molecule has 0 bridgehead atoms. The third-order valence-electron chi connectivity index (χ3n) is 4.38. The number of ether oxygens (including phenoxy) is 1. The molecule has 0 spiro atoms. The van der Waals surface area contributed by atoms with Gasteiger partial charge < -0.3 is 20.7 Å². The van der Waals surface area contributed by atoms with Gasteiger partial charge in [0.25, 0.3) is 11.8 Å². The molecule has 2 aromatic rings. The summed E-state index contributed by atoms with van der Waals surface area (Å²) in [5.41, 5.74) is 7.21. The van der Waals surface area contributed by atoms with Gasteiger partial charge in [0.05, 0.1) is 5.56 Å². The van der Waals surface area contributed by atoms with Crippen LogP contribution in [0.3, 0.4) is 0 Å². The number of amides is 2. The fourth-order valence-corrected chi connectivity index (χ4v) is 3.05. The van der Waals surface area contributed by atoms with Gasteiger partial charge >= 0.3 is 0 Å². The van der Waals surface area contributed by atoms with Crippen LogP contribution < -0.4 is 15.8 Å². The van der Waals surface area contributed by atoms with E-state index >= 15 is 0 Å². The molecule has 2 amide bonds. The second kappa shape index (κ2) is 8.01. The molecule has 0 aliphatic carbocycles. The maximum absolute atomic E-state index is 12.7. The zero-order valence-electron chi connectivity index (χ0n) is 14.8. The lowest BCUT2D eigenvalue weighted by atomic mass is 10.1. The molecule has 136 valence electrons. The first-order valence-electron chi connectivity index (χ1n) is 8.68. The number of hydrogen-bond acceptors (Lipinski definition) is 4. The average Bonchev–Trinajstić information content (AvgIpc) is 2.66. The smallest absolute Gasteiger partial charge is 0.253 e. The van der Waals surface area contributed by atoms with E-state index in [-0.39, 0.29) is 12.5 Å². The SMILES string of the molecule is C[C@@H]1CN(C(=O)c2cccc(COc3ccccc3C(N)=O)c2)CCN1. The number of carbonyl (C=O) groups excluding carboxylic acids is 2. The summed E-state index contributed by atoms with van der Waals surface area (Å²) >= 11 is 0. The molecule has 3 rings (SSSR count). The summed E-state index contributed by atoms with van der Waals surface area (Å²) in [6.45, 7) is 4.53. The lowest BCUT2D eigenvalue weighted by Gasteiger charge is -2.32. The van der Waals surface area contributed by atoms with Crippen LogP contribution in [0.15, 0.2) is 48.5 Å². The first kappa shape index (κ1) is 17.9. The summed E-state index contributed by atoms with van der Waals surface area (Å²) in [5.74, 6) is -0.0669. The summed E-state index contributed by atoms with van der Waals surface area (Å²) < 4.78 is 5.75. The minimum Gasteiger partial charge on any atom is -0.488 e. The molecule has 1 aliphatic rings. The summed E-state index contributed by atoms with van der Waals surface area (Å²) in [5, 5.41) is 3.33. The lowest BCUT2D eigenvalue weighted by Crippen LogP contribution is -2.51. The number of hydrogen-bond donors (Lipinski definition) is 2. The van der Waals surface area contributed by atoms with Gasteiger partial charge in [0.15, 0.2) is 0 Å². The Labute approximate surface area is 152 Å². The molecule has 1 saturated heterocycles. The molecule has 2 aromatic carbocycles. The van der Waals surface area contributed by atoms with Crippen molar-refractivity contribution in [3.05, 3.63) is 65.2 Å². The number of rotatable bonds is 5. The molecule has 1 atom stereocenters. The van der Waals surface area contributed by atoms with Gasteiger partial charge in [0, 0.05) is 31.2 Å². The molecular weight excluding hydrogens is 330 g/mol. The fraction of sp³-hybridized carbons (Fsp3) is 0.300. The summed E-state index contributed by atoms with van der Waals surface area (Å²) in [4.78, 5) is 26.0. The maximum Gasteiger partial charge on any atom is 0.253 e. The fourth-order valence-electron chi connectivity index (χ4n) is 3.05. The number of primary amides is 1. The van der Waals surface area contributed by atoms with E-state index in [2.05, 4.69) is 12.2 Å². The van der Waals surface area contributed by atoms with Crippen molar-refractivity contribution in [1.29, 1.82) is 0 Å². The largest absolute Gasteiger partial charge is 0.488 e. The van der Waals surface area contributed by atoms with Gasteiger partial charge in [-0.25, -0.2) is 0 Å². The lowest BCUT2D eigenvalue weighted by molar-refractivity contribution is 0.0708. The monoisotopic (exact) mass is 353 g/mol. The van der Waals surface area contributed by atoms with Gasteiger partial charge in [-0.1, -0.05) is 24.3 Å². The quantitative estimate of drug-likeness (QED) is 0.858. The Morgan fingerprint density at radius 2 is 2.04 bits per heavy atom. The van der Waals surface area contributed by atoms with Crippen LogP contribution in [0.1, 0.15) is 33.2 Å². The van der Waals surface area contributed by atoms with Crippen LogP contribution in [0.5, 0.6) is 5.75 Å². The summed E-state index contributed by atoms with van der Waals surface area (Å²) in [7, 11) is 0. The maximum atomic E-state index is 12.7. The standard InChI is InChI=1S/C20H23N3O3/c1-14-12-23(10-9-22-14)20(25)16-6-4-5-15(11-16)13-26-18-8-3-2-7-17(18)19(21)24/h2-8,11,14,22H,9-10,12-13H2,1H3,(H2,21,24)/t14-/m1/s1. The Hall–Kier alpha value is -2.86. The van der Waals surface area contributed by atoms with E-state index in [9.17, 15) is 9.59 Å². The molecule has 1 heterocycles. The molecule has 1 aliphatic heterocycles. The highest BCUT2D eigenvalue weighted by atomic mass is 16.5. The zero-order valence-corrected chi connectivity index (χ0v) is 14.8. The molecule has 3 N–H and O–H groups in total. The Balaban J connectivity index is 1.70. The molecule has 0 unspecified atom stereocenters. The van der Waals surface area contributed by atoms with Crippen LogP contribution in [0.2, 0.25) is 0 Å². The van der Waals surface area contributed by atoms with Gasteiger partial charge in [-0.15, -0.1) is 0 Å². The highest BCUT2D eigenvalue weighted by Gasteiger charge is 2.21. The highest BCUT2D eigenvalue weighted by molar-refractivity contribution is 5.95. The van der Waals surface area contributed by atoms with Gasteiger partial charge in [-0.2, -0.15) is 0 Å². The van der Waals surface area contributed by atoms with Crippen LogP contribution in [0.25, 0.3) is 0 Å². The Bertz CT molecular complexity index is 806. The van der Waals surface area contributed by atoms with Crippen LogP contribution in [-0.2, 0) is 6.61 Å². The minimum absolute atomic E-state index is 0.0257. The van der Waals surface area contributed by atoms with E-state index < -0.39 is 5.91 Å². The van der Waals surface area contributed by atoms with E-state index in [1.807, 2.05) is 29.2 Å². The second-order valence-corrected chi connectivity index (χ2v) is 6.46. The number of piperazine rings is 1. The van der Waals surface area contributed by atoms with Crippen molar-refractivity contribution in [3.63, 3.8) is 0 Å². The number of carbonyl (C=O) groups is 2. The van der Waals surface area contributed by atoms with E-state index in [4.69, 9.17) is 10.5 Å². The normalized spacial score (nSPS) is 17.0. The van der Waals surface area contributed by atoms with Crippen LogP contribution in [-0.4, -0.2) is 42.4 Å². The van der Waals surface area contributed by atoms with Crippen molar-refractivity contribution >= 4 is 11.8 Å². The molecule has 0 saturated carbocycles. The molecule has 26 heavy (non-hydrogen) atoms. The first-order chi connectivity index (χ1) is 12.5. The summed E-state index contributed by atoms with van der Waals surface area (Å²) in [6.07, 6.45) is 0. The van der Waals surface area contributed by atoms with Crippen molar-refractivity contribution in [2.75, 3.05) is 19.6 Å². The van der Waals surface area contributed by atoms with E-state index in [0.29, 0.717) is 36.0 Å². The van der Waals surface area contributed by atoms with Gasteiger partial charge in [0.2, 0.25) is 0 Å². The average molecular weight is 353 g/mol. The van der Waals surface area contributed by atoms with Crippen molar-refractivity contribution in [2.24, 2.45) is 5.73 Å². The van der Waals surface area contributed by atoms with Gasteiger partial charge in [-0.3, -0.25) is 9.59 Å². The number of nitrogens with zero attached hydrogens (tertiary/aromatic N) is 1. The van der Waals surface area contributed by atoms with E-state index in [0.717, 1.165) is 12.1 Å². The second-order valence-electron chi connectivity index (χ2n) is 6.46. The molecule has 0 radical (unpaired) electrons. The van der Waals surface area contributed by atoms with Crippen molar-refractivity contribution in [3.8, 4) is 5.75 Å². The van der Waals surface area contributed by atoms with E-state index in [1.165, 1.54) is 0 Å². The minimum atomic E-state index is -0.530.